The van der Waals surface area contributed by atoms with Crippen LogP contribution >= 0.6 is 0 Å². The van der Waals surface area contributed by atoms with E-state index in [0.717, 1.165) is 27.8 Å². The van der Waals surface area contributed by atoms with Crippen LogP contribution in [0.1, 0.15) is 33.4 Å². The molecular formula is C26H28N2O3S. The number of amides is 1. The van der Waals surface area contributed by atoms with Crippen molar-refractivity contribution in [1.82, 2.24) is 9.62 Å². The predicted octanol–water partition coefficient (Wildman–Crippen LogP) is 4.04. The first-order chi connectivity index (χ1) is 15.3. The highest BCUT2D eigenvalue weighted by atomic mass is 32.2. The van der Waals surface area contributed by atoms with Crippen molar-refractivity contribution >= 4 is 15.9 Å². The van der Waals surface area contributed by atoms with E-state index in [-0.39, 0.29) is 17.3 Å². The van der Waals surface area contributed by atoms with Crippen molar-refractivity contribution < 1.29 is 13.2 Å². The fraction of sp³-hybridized carbons (Fsp3) is 0.269. The van der Waals surface area contributed by atoms with Crippen molar-refractivity contribution in [3.63, 3.8) is 0 Å². The number of nitrogens with zero attached hydrogens (tertiary/aromatic N) is 1. The largest absolute Gasteiger partial charge is 0.351 e. The lowest BCUT2D eigenvalue weighted by atomic mass is 9.95. The van der Waals surface area contributed by atoms with Gasteiger partial charge in [-0.2, -0.15) is 4.31 Å². The first-order valence-electron chi connectivity index (χ1n) is 10.7. The molecule has 6 heteroatoms. The molecule has 1 aliphatic heterocycles. The molecule has 0 saturated heterocycles. The van der Waals surface area contributed by atoms with E-state index < -0.39 is 16.1 Å². The lowest BCUT2D eigenvalue weighted by Crippen LogP contribution is -2.52. The number of rotatable bonds is 5. The summed E-state index contributed by atoms with van der Waals surface area (Å²) in [5.41, 5.74) is 5.58. The van der Waals surface area contributed by atoms with Gasteiger partial charge in [-0.3, -0.25) is 4.79 Å². The molecule has 0 bridgehead atoms. The van der Waals surface area contributed by atoms with Gasteiger partial charge in [-0.05, 0) is 61.1 Å². The van der Waals surface area contributed by atoms with Gasteiger partial charge in [0.15, 0.2) is 0 Å². The lowest BCUT2D eigenvalue weighted by Gasteiger charge is -2.35. The molecule has 5 nitrogen and oxygen atoms in total. The van der Waals surface area contributed by atoms with Gasteiger partial charge in [-0.1, -0.05) is 66.2 Å². The van der Waals surface area contributed by atoms with Gasteiger partial charge in [0.05, 0.1) is 4.90 Å². The lowest BCUT2D eigenvalue weighted by molar-refractivity contribution is -0.125. The number of benzene rings is 3. The fourth-order valence-corrected chi connectivity index (χ4v) is 6.09. The van der Waals surface area contributed by atoms with Crippen LogP contribution in [0.3, 0.4) is 0 Å². The number of carbonyl (C=O) groups is 1. The molecule has 1 unspecified atom stereocenters. The molecular weight excluding hydrogens is 420 g/mol. The summed E-state index contributed by atoms with van der Waals surface area (Å²) >= 11 is 0. The fourth-order valence-electron chi connectivity index (χ4n) is 4.22. The van der Waals surface area contributed by atoms with Crippen molar-refractivity contribution in [3.8, 4) is 0 Å². The highest BCUT2D eigenvalue weighted by Gasteiger charge is 2.40. The summed E-state index contributed by atoms with van der Waals surface area (Å²) in [5.74, 6) is -0.283. The first kappa shape index (κ1) is 22.2. The normalized spacial score (nSPS) is 16.4. The Morgan fingerprint density at radius 2 is 1.66 bits per heavy atom. The standard InChI is InChI=1S/C26H28N2O3S/c1-18-7-6-8-21(13-18)16-27-26(29)24-15-22-9-4-5-10-23(22)17-28(24)32(30,31)25-14-19(2)11-12-20(25)3/h4-14,24H,15-17H2,1-3H3,(H,27,29). The van der Waals surface area contributed by atoms with Crippen LogP contribution in [0, 0.1) is 20.8 Å². The van der Waals surface area contributed by atoms with Gasteiger partial charge in [0.25, 0.3) is 0 Å². The third-order valence-electron chi connectivity index (χ3n) is 5.99. The topological polar surface area (TPSA) is 66.5 Å². The molecule has 1 N–H and O–H groups in total. The van der Waals surface area contributed by atoms with E-state index in [2.05, 4.69) is 5.32 Å². The van der Waals surface area contributed by atoms with Crippen molar-refractivity contribution in [2.24, 2.45) is 0 Å². The van der Waals surface area contributed by atoms with E-state index in [1.807, 2.05) is 74.5 Å². The summed E-state index contributed by atoms with van der Waals surface area (Å²) in [7, 11) is -3.87. The summed E-state index contributed by atoms with van der Waals surface area (Å²) in [6, 6.07) is 20.2. The van der Waals surface area contributed by atoms with Crippen molar-refractivity contribution in [2.45, 2.75) is 51.2 Å². The number of sulfonamides is 1. The van der Waals surface area contributed by atoms with E-state index in [4.69, 9.17) is 0 Å². The van der Waals surface area contributed by atoms with Crippen molar-refractivity contribution in [3.05, 3.63) is 100 Å². The second-order valence-electron chi connectivity index (χ2n) is 8.51. The zero-order valence-corrected chi connectivity index (χ0v) is 19.4. The van der Waals surface area contributed by atoms with Crippen LogP contribution in [0.4, 0.5) is 0 Å². The highest BCUT2D eigenvalue weighted by molar-refractivity contribution is 7.89. The molecule has 0 saturated carbocycles. The Hall–Kier alpha value is -2.96. The molecule has 3 aromatic carbocycles. The quantitative estimate of drug-likeness (QED) is 0.641. The summed E-state index contributed by atoms with van der Waals surface area (Å²) in [4.78, 5) is 13.5. The van der Waals surface area contributed by atoms with E-state index in [1.54, 1.807) is 13.0 Å². The minimum atomic E-state index is -3.87. The van der Waals surface area contributed by atoms with Crippen LogP contribution in [0.25, 0.3) is 0 Å². The number of carbonyl (C=O) groups excluding carboxylic acids is 1. The summed E-state index contributed by atoms with van der Waals surface area (Å²) < 4.78 is 28.9. The molecule has 1 amide bonds. The van der Waals surface area contributed by atoms with E-state index in [0.29, 0.717) is 18.5 Å². The van der Waals surface area contributed by atoms with Gasteiger partial charge in [0, 0.05) is 13.1 Å². The molecule has 0 aliphatic carbocycles. The zero-order chi connectivity index (χ0) is 22.9. The maximum Gasteiger partial charge on any atom is 0.244 e. The summed E-state index contributed by atoms with van der Waals surface area (Å²) in [6.07, 6.45) is 0.347. The molecule has 32 heavy (non-hydrogen) atoms. The van der Waals surface area contributed by atoms with Crippen molar-refractivity contribution in [2.75, 3.05) is 0 Å². The Morgan fingerprint density at radius 1 is 0.938 bits per heavy atom. The number of fused-ring (bicyclic) bond motifs is 1. The molecule has 1 atom stereocenters. The van der Waals surface area contributed by atoms with Crippen LogP contribution in [-0.2, 0) is 34.3 Å². The SMILES string of the molecule is Cc1cccc(CNC(=O)C2Cc3ccccc3CN2S(=O)(=O)c2cc(C)ccc2C)c1. The monoisotopic (exact) mass is 448 g/mol. The van der Waals surface area contributed by atoms with Gasteiger partial charge >= 0.3 is 0 Å². The Balaban J connectivity index is 1.68. The molecule has 1 heterocycles. The van der Waals surface area contributed by atoms with Gasteiger partial charge in [0.1, 0.15) is 6.04 Å². The van der Waals surface area contributed by atoms with Crippen LogP contribution in [0.2, 0.25) is 0 Å². The molecule has 0 aromatic heterocycles. The second-order valence-corrected chi connectivity index (χ2v) is 10.4. The molecule has 3 aromatic rings. The Kier molecular flexibility index (Phi) is 6.17. The number of hydrogen-bond acceptors (Lipinski definition) is 3. The molecule has 1 aliphatic rings. The molecule has 0 fully saturated rings. The zero-order valence-electron chi connectivity index (χ0n) is 18.6. The number of aryl methyl sites for hydroxylation is 3. The van der Waals surface area contributed by atoms with Gasteiger partial charge in [-0.25, -0.2) is 8.42 Å². The molecule has 0 spiro atoms. The maximum atomic E-state index is 13.7. The second kappa shape index (κ2) is 8.88. The van der Waals surface area contributed by atoms with Gasteiger partial charge in [-0.15, -0.1) is 0 Å². The molecule has 166 valence electrons. The highest BCUT2D eigenvalue weighted by Crippen LogP contribution is 2.31. The van der Waals surface area contributed by atoms with E-state index in [9.17, 15) is 13.2 Å². The third-order valence-corrected chi connectivity index (χ3v) is 7.98. The van der Waals surface area contributed by atoms with Gasteiger partial charge in [0.2, 0.25) is 15.9 Å². The van der Waals surface area contributed by atoms with E-state index >= 15 is 0 Å². The first-order valence-corrected chi connectivity index (χ1v) is 12.2. The summed E-state index contributed by atoms with van der Waals surface area (Å²) in [6.45, 7) is 6.19. The van der Waals surface area contributed by atoms with E-state index in [1.165, 1.54) is 4.31 Å². The maximum absolute atomic E-state index is 13.7. The van der Waals surface area contributed by atoms with Crippen LogP contribution in [-0.4, -0.2) is 24.7 Å². The minimum absolute atomic E-state index is 0.175. The average molecular weight is 449 g/mol. The minimum Gasteiger partial charge on any atom is -0.351 e. The van der Waals surface area contributed by atoms with Crippen LogP contribution in [0.15, 0.2) is 71.6 Å². The predicted molar refractivity (Wildman–Crippen MR) is 126 cm³/mol. The number of nitrogens with one attached hydrogen (secondary N) is 1. The number of hydrogen-bond donors (Lipinski definition) is 1. The summed E-state index contributed by atoms with van der Waals surface area (Å²) in [5, 5.41) is 2.96. The third kappa shape index (κ3) is 4.47. The Morgan fingerprint density at radius 3 is 2.41 bits per heavy atom. The Bertz CT molecular complexity index is 1270. The van der Waals surface area contributed by atoms with Crippen molar-refractivity contribution in [1.29, 1.82) is 0 Å². The Labute approximate surface area is 190 Å². The van der Waals surface area contributed by atoms with Crippen LogP contribution in [0.5, 0.6) is 0 Å². The van der Waals surface area contributed by atoms with Gasteiger partial charge < -0.3 is 5.32 Å². The average Bonchev–Trinajstić information content (AvgIpc) is 2.78. The molecule has 0 radical (unpaired) electrons. The molecule has 4 rings (SSSR count). The van der Waals surface area contributed by atoms with Crippen LogP contribution < -0.4 is 5.32 Å². The smallest absolute Gasteiger partial charge is 0.244 e.